The van der Waals surface area contributed by atoms with E-state index in [0.29, 0.717) is 33.6 Å². The van der Waals surface area contributed by atoms with E-state index in [1.54, 1.807) is 36.7 Å². The molecule has 0 aliphatic carbocycles. The Morgan fingerprint density at radius 3 is 2.40 bits per heavy atom. The van der Waals surface area contributed by atoms with Gasteiger partial charge in [-0.25, -0.2) is 23.4 Å². The Balaban J connectivity index is 1.94. The van der Waals surface area contributed by atoms with Crippen LogP contribution in [-0.2, 0) is 11.2 Å². The van der Waals surface area contributed by atoms with Crippen molar-refractivity contribution in [3.63, 3.8) is 0 Å². The summed E-state index contributed by atoms with van der Waals surface area (Å²) in [5.74, 6) is -0.0595. The average Bonchev–Trinajstić information content (AvgIpc) is 2.93. The zero-order valence-corrected chi connectivity index (χ0v) is 17.9. The Kier molecular flexibility index (Phi) is 6.45. The number of aromatic nitrogens is 4. The Morgan fingerprint density at radius 1 is 1.13 bits per heavy atom. The molecule has 30 heavy (non-hydrogen) atoms. The van der Waals surface area contributed by atoms with E-state index in [-0.39, 0.29) is 6.42 Å². The molecule has 2 heterocycles. The van der Waals surface area contributed by atoms with Crippen molar-refractivity contribution in [3.05, 3.63) is 63.7 Å². The Hall–Kier alpha value is -2.87. The van der Waals surface area contributed by atoms with Crippen LogP contribution >= 0.6 is 11.6 Å². The largest absolute Gasteiger partial charge is 0.306 e. The van der Waals surface area contributed by atoms with Crippen LogP contribution in [0.4, 0.5) is 14.5 Å². The standard InChI is InChI=1S/C21H22ClF2N5O/c1-12-8-13(2)26-21(25-12)29-15(4)18(14(3)27-29)10-20(30)28(11-19(23)24)17-7-5-6-16(22)9-17/h5-9,19H,10-11H2,1-4H3. The first kappa shape index (κ1) is 21.8. The van der Waals surface area contributed by atoms with E-state index in [4.69, 9.17) is 11.6 Å². The van der Waals surface area contributed by atoms with Gasteiger partial charge in [-0.2, -0.15) is 5.10 Å². The average molecular weight is 434 g/mol. The van der Waals surface area contributed by atoms with Gasteiger partial charge in [0, 0.05) is 33.4 Å². The van der Waals surface area contributed by atoms with Gasteiger partial charge in [-0.1, -0.05) is 17.7 Å². The topological polar surface area (TPSA) is 63.9 Å². The second kappa shape index (κ2) is 8.87. The molecule has 1 aromatic carbocycles. The monoisotopic (exact) mass is 433 g/mol. The van der Waals surface area contributed by atoms with Crippen LogP contribution in [0.5, 0.6) is 0 Å². The first-order chi connectivity index (χ1) is 14.2. The number of carbonyl (C=O) groups is 1. The van der Waals surface area contributed by atoms with Gasteiger partial charge < -0.3 is 4.90 Å². The highest BCUT2D eigenvalue weighted by Gasteiger charge is 2.24. The number of benzene rings is 1. The van der Waals surface area contributed by atoms with Crippen molar-refractivity contribution in [1.82, 2.24) is 19.7 Å². The maximum absolute atomic E-state index is 13.2. The molecule has 3 aromatic rings. The van der Waals surface area contributed by atoms with Crippen molar-refractivity contribution in [2.75, 3.05) is 11.4 Å². The molecule has 0 atom stereocenters. The van der Waals surface area contributed by atoms with Gasteiger partial charge >= 0.3 is 0 Å². The summed E-state index contributed by atoms with van der Waals surface area (Å²) in [6.45, 7) is 6.58. The smallest absolute Gasteiger partial charge is 0.256 e. The molecule has 0 radical (unpaired) electrons. The molecular formula is C21H22ClF2N5O. The molecule has 0 bridgehead atoms. The molecule has 0 aliphatic rings. The minimum atomic E-state index is -2.68. The molecule has 9 heteroatoms. The lowest BCUT2D eigenvalue weighted by atomic mass is 10.1. The second-order valence-corrected chi connectivity index (χ2v) is 7.50. The quantitative estimate of drug-likeness (QED) is 0.578. The first-order valence-corrected chi connectivity index (χ1v) is 9.75. The van der Waals surface area contributed by atoms with Crippen LogP contribution in [0, 0.1) is 27.7 Å². The van der Waals surface area contributed by atoms with Gasteiger partial charge in [0.05, 0.1) is 18.7 Å². The van der Waals surface area contributed by atoms with Crippen LogP contribution in [0.2, 0.25) is 5.02 Å². The van der Waals surface area contributed by atoms with E-state index >= 15 is 0 Å². The fraction of sp³-hybridized carbons (Fsp3) is 0.333. The van der Waals surface area contributed by atoms with Gasteiger partial charge in [-0.3, -0.25) is 4.79 Å². The molecule has 3 rings (SSSR count). The van der Waals surface area contributed by atoms with E-state index in [0.717, 1.165) is 16.3 Å². The summed E-state index contributed by atoms with van der Waals surface area (Å²) in [4.78, 5) is 22.9. The summed E-state index contributed by atoms with van der Waals surface area (Å²) in [7, 11) is 0. The predicted octanol–water partition coefficient (Wildman–Crippen LogP) is 4.39. The number of anilines is 1. The van der Waals surface area contributed by atoms with E-state index in [9.17, 15) is 13.6 Å². The van der Waals surface area contributed by atoms with Crippen LogP contribution in [0.3, 0.4) is 0 Å². The predicted molar refractivity (Wildman–Crippen MR) is 112 cm³/mol. The highest BCUT2D eigenvalue weighted by Crippen LogP contribution is 2.23. The number of hydrogen-bond acceptors (Lipinski definition) is 4. The molecule has 0 spiro atoms. The van der Waals surface area contributed by atoms with Gasteiger partial charge in [-0.15, -0.1) is 0 Å². The molecular weight excluding hydrogens is 412 g/mol. The third-order valence-electron chi connectivity index (χ3n) is 4.67. The summed E-state index contributed by atoms with van der Waals surface area (Å²) < 4.78 is 27.9. The zero-order valence-electron chi connectivity index (χ0n) is 17.2. The van der Waals surface area contributed by atoms with Crippen LogP contribution in [0.15, 0.2) is 30.3 Å². The van der Waals surface area contributed by atoms with Crippen molar-refractivity contribution in [2.24, 2.45) is 0 Å². The van der Waals surface area contributed by atoms with E-state index in [1.165, 1.54) is 6.07 Å². The van der Waals surface area contributed by atoms with E-state index in [2.05, 4.69) is 15.1 Å². The summed E-state index contributed by atoms with van der Waals surface area (Å²) in [6, 6.07) is 8.17. The molecule has 0 N–H and O–H groups in total. The van der Waals surface area contributed by atoms with Crippen molar-refractivity contribution in [2.45, 2.75) is 40.5 Å². The van der Waals surface area contributed by atoms with Gasteiger partial charge in [0.2, 0.25) is 5.91 Å². The number of halogens is 3. The number of hydrogen-bond donors (Lipinski definition) is 0. The summed E-state index contributed by atoms with van der Waals surface area (Å²) in [6.07, 6.45) is -2.76. The zero-order chi connectivity index (χ0) is 22.0. The molecule has 0 aliphatic heterocycles. The van der Waals surface area contributed by atoms with Crippen molar-refractivity contribution < 1.29 is 13.6 Å². The summed E-state index contributed by atoms with van der Waals surface area (Å²) in [5, 5.41) is 4.84. The Bertz CT molecular complexity index is 1060. The molecule has 0 saturated carbocycles. The lowest BCUT2D eigenvalue weighted by Gasteiger charge is -2.23. The number of aryl methyl sites for hydroxylation is 3. The van der Waals surface area contributed by atoms with Gasteiger partial charge in [0.1, 0.15) is 0 Å². The number of alkyl halides is 2. The minimum Gasteiger partial charge on any atom is -0.306 e. The summed E-state index contributed by atoms with van der Waals surface area (Å²) in [5.41, 5.74) is 3.89. The molecule has 2 aromatic heterocycles. The lowest BCUT2D eigenvalue weighted by molar-refractivity contribution is -0.118. The van der Waals surface area contributed by atoms with Gasteiger partial charge in [0.15, 0.2) is 0 Å². The van der Waals surface area contributed by atoms with Crippen LogP contribution in [-0.4, -0.2) is 38.6 Å². The number of rotatable bonds is 6. The highest BCUT2D eigenvalue weighted by molar-refractivity contribution is 6.30. The number of carbonyl (C=O) groups excluding carboxylic acids is 1. The fourth-order valence-corrected chi connectivity index (χ4v) is 3.49. The van der Waals surface area contributed by atoms with Crippen molar-refractivity contribution in [1.29, 1.82) is 0 Å². The third-order valence-corrected chi connectivity index (χ3v) is 4.91. The fourth-order valence-electron chi connectivity index (χ4n) is 3.31. The van der Waals surface area contributed by atoms with Crippen LogP contribution < -0.4 is 4.90 Å². The highest BCUT2D eigenvalue weighted by atomic mass is 35.5. The molecule has 6 nitrogen and oxygen atoms in total. The molecule has 0 unspecified atom stereocenters. The molecule has 158 valence electrons. The Labute approximate surface area is 178 Å². The molecule has 1 amide bonds. The second-order valence-electron chi connectivity index (χ2n) is 7.06. The van der Waals surface area contributed by atoms with Crippen molar-refractivity contribution in [3.8, 4) is 5.95 Å². The normalized spacial score (nSPS) is 11.2. The lowest BCUT2D eigenvalue weighted by Crippen LogP contribution is -2.36. The SMILES string of the molecule is Cc1cc(C)nc(-n2nc(C)c(CC(=O)N(CC(F)F)c3cccc(Cl)c3)c2C)n1. The first-order valence-electron chi connectivity index (χ1n) is 9.37. The number of nitrogens with zero attached hydrogens (tertiary/aromatic N) is 5. The minimum absolute atomic E-state index is 0.0816. The third kappa shape index (κ3) is 4.81. The maximum Gasteiger partial charge on any atom is 0.256 e. The Morgan fingerprint density at radius 2 is 1.80 bits per heavy atom. The summed E-state index contributed by atoms with van der Waals surface area (Å²) >= 11 is 5.98. The number of amides is 1. The molecule has 0 fully saturated rings. The van der Waals surface area contributed by atoms with E-state index < -0.39 is 18.9 Å². The van der Waals surface area contributed by atoms with Crippen LogP contribution in [0.1, 0.15) is 28.3 Å². The molecule has 0 saturated heterocycles. The van der Waals surface area contributed by atoms with E-state index in [1.807, 2.05) is 19.9 Å². The maximum atomic E-state index is 13.2. The van der Waals surface area contributed by atoms with Gasteiger partial charge in [0.25, 0.3) is 12.4 Å². The van der Waals surface area contributed by atoms with Crippen LogP contribution in [0.25, 0.3) is 5.95 Å². The van der Waals surface area contributed by atoms with Gasteiger partial charge in [-0.05, 0) is 52.0 Å². The van der Waals surface area contributed by atoms with Crippen molar-refractivity contribution >= 4 is 23.2 Å².